The normalized spacial score (nSPS) is 11.5. The van der Waals surface area contributed by atoms with Crippen LogP contribution < -0.4 is 0 Å². The zero-order chi connectivity index (χ0) is 13.1. The average molecular weight is 253 g/mol. The van der Waals surface area contributed by atoms with Crippen LogP contribution in [0.5, 0.6) is 0 Å². The van der Waals surface area contributed by atoms with Crippen molar-refractivity contribution in [3.8, 4) is 0 Å². The fourth-order valence-electron chi connectivity index (χ4n) is 2.04. The van der Waals surface area contributed by atoms with E-state index in [-0.39, 0.29) is 0 Å². The SMILES string of the molecule is C=CC(=NC)c1cccc2c(C=C)c(C=C)sc12. The maximum absolute atomic E-state index is 4.27. The predicted molar refractivity (Wildman–Crippen MR) is 84.7 cm³/mol. The van der Waals surface area contributed by atoms with Crippen LogP contribution >= 0.6 is 11.3 Å². The third-order valence-electron chi connectivity index (χ3n) is 2.88. The average Bonchev–Trinajstić information content (AvgIpc) is 2.78. The van der Waals surface area contributed by atoms with Crippen LogP contribution in [0, 0.1) is 0 Å². The summed E-state index contributed by atoms with van der Waals surface area (Å²) in [6.45, 7) is 11.6. The molecule has 0 radical (unpaired) electrons. The van der Waals surface area contributed by atoms with Gasteiger partial charge < -0.3 is 0 Å². The van der Waals surface area contributed by atoms with Gasteiger partial charge in [0.1, 0.15) is 0 Å². The van der Waals surface area contributed by atoms with Crippen molar-refractivity contribution in [1.82, 2.24) is 0 Å². The first-order valence-corrected chi connectivity index (χ1v) is 6.48. The summed E-state index contributed by atoms with van der Waals surface area (Å²) in [5.74, 6) is 0. The van der Waals surface area contributed by atoms with Crippen LogP contribution in [0.2, 0.25) is 0 Å². The lowest BCUT2D eigenvalue weighted by molar-refractivity contribution is 1.44. The van der Waals surface area contributed by atoms with Crippen molar-refractivity contribution in [2.75, 3.05) is 7.05 Å². The minimum Gasteiger partial charge on any atom is -0.288 e. The fraction of sp³-hybridized carbons (Fsp3) is 0.0625. The largest absolute Gasteiger partial charge is 0.288 e. The van der Waals surface area contributed by atoms with Crippen molar-refractivity contribution < 1.29 is 0 Å². The molecule has 1 aromatic heterocycles. The zero-order valence-corrected chi connectivity index (χ0v) is 11.3. The molecular formula is C16H15NS. The molecule has 0 aliphatic rings. The van der Waals surface area contributed by atoms with E-state index in [1.165, 1.54) is 10.1 Å². The van der Waals surface area contributed by atoms with E-state index in [1.54, 1.807) is 24.5 Å². The van der Waals surface area contributed by atoms with Gasteiger partial charge in [-0.1, -0.05) is 50.1 Å². The molecule has 18 heavy (non-hydrogen) atoms. The van der Waals surface area contributed by atoms with Crippen molar-refractivity contribution >= 4 is 39.3 Å². The van der Waals surface area contributed by atoms with Gasteiger partial charge in [0.25, 0.3) is 0 Å². The van der Waals surface area contributed by atoms with Crippen LogP contribution in [0.3, 0.4) is 0 Å². The molecule has 2 rings (SSSR count). The van der Waals surface area contributed by atoms with Crippen LogP contribution in [-0.2, 0) is 0 Å². The van der Waals surface area contributed by atoms with E-state index >= 15 is 0 Å². The molecule has 2 heteroatoms. The van der Waals surface area contributed by atoms with Crippen LogP contribution in [0.1, 0.15) is 16.0 Å². The Balaban J connectivity index is 2.86. The summed E-state index contributed by atoms with van der Waals surface area (Å²) in [5, 5.41) is 1.20. The van der Waals surface area contributed by atoms with E-state index in [9.17, 15) is 0 Å². The number of hydrogen-bond acceptors (Lipinski definition) is 2. The van der Waals surface area contributed by atoms with Gasteiger partial charge in [-0.2, -0.15) is 0 Å². The third-order valence-corrected chi connectivity index (χ3v) is 4.13. The molecule has 0 bridgehead atoms. The molecule has 0 aliphatic heterocycles. The first kappa shape index (κ1) is 12.5. The standard InChI is InChI=1S/C16H15NS/c1-5-11-12-9-8-10-13(14(6-2)17-4)16(12)18-15(11)7-3/h5-10H,1-3H2,4H3. The number of nitrogens with zero attached hydrogens (tertiary/aromatic N) is 1. The van der Waals surface area contributed by atoms with Crippen LogP contribution in [0.15, 0.2) is 49.0 Å². The number of rotatable bonds is 4. The Hall–Kier alpha value is -1.93. The third kappa shape index (κ3) is 1.85. The Bertz CT molecular complexity index is 659. The maximum atomic E-state index is 4.27. The second-order valence-electron chi connectivity index (χ2n) is 3.78. The number of fused-ring (bicyclic) bond motifs is 1. The van der Waals surface area contributed by atoms with Gasteiger partial charge in [0, 0.05) is 27.6 Å². The minimum absolute atomic E-state index is 0.910. The molecule has 1 heterocycles. The molecule has 1 nitrogen and oxygen atoms in total. The molecule has 90 valence electrons. The lowest BCUT2D eigenvalue weighted by atomic mass is 10.0. The number of thiophene rings is 1. The van der Waals surface area contributed by atoms with E-state index in [4.69, 9.17) is 0 Å². The number of aliphatic imine (C=N–C) groups is 1. The molecule has 0 N–H and O–H groups in total. The fourth-order valence-corrected chi connectivity index (χ4v) is 3.22. The molecule has 0 saturated heterocycles. The van der Waals surface area contributed by atoms with Gasteiger partial charge in [0.05, 0.1) is 5.71 Å². The zero-order valence-electron chi connectivity index (χ0n) is 10.4. The molecule has 0 aliphatic carbocycles. The smallest absolute Gasteiger partial charge is 0.0651 e. The van der Waals surface area contributed by atoms with Gasteiger partial charge in [-0.15, -0.1) is 11.3 Å². The Morgan fingerprint density at radius 2 is 2.00 bits per heavy atom. The van der Waals surface area contributed by atoms with Gasteiger partial charge in [-0.3, -0.25) is 4.99 Å². The molecule has 0 saturated carbocycles. The van der Waals surface area contributed by atoms with Crippen LogP contribution in [0.25, 0.3) is 22.2 Å². The second kappa shape index (κ2) is 5.15. The molecule has 0 spiro atoms. The van der Waals surface area contributed by atoms with Crippen molar-refractivity contribution in [2.24, 2.45) is 4.99 Å². The topological polar surface area (TPSA) is 12.4 Å². The summed E-state index contributed by atoms with van der Waals surface area (Å²) >= 11 is 1.72. The summed E-state index contributed by atoms with van der Waals surface area (Å²) < 4.78 is 1.21. The highest BCUT2D eigenvalue weighted by Gasteiger charge is 2.12. The van der Waals surface area contributed by atoms with E-state index in [0.29, 0.717) is 0 Å². The van der Waals surface area contributed by atoms with Crippen molar-refractivity contribution in [3.63, 3.8) is 0 Å². The highest BCUT2D eigenvalue weighted by atomic mass is 32.1. The van der Waals surface area contributed by atoms with Crippen molar-refractivity contribution in [2.45, 2.75) is 0 Å². The predicted octanol–water partition coefficient (Wildman–Crippen LogP) is 4.79. The summed E-state index contributed by atoms with van der Waals surface area (Å²) in [7, 11) is 1.78. The summed E-state index contributed by atoms with van der Waals surface area (Å²) in [5.41, 5.74) is 3.17. The summed E-state index contributed by atoms with van der Waals surface area (Å²) in [6, 6.07) is 6.22. The lowest BCUT2D eigenvalue weighted by Crippen LogP contribution is -1.95. The minimum atomic E-state index is 0.910. The van der Waals surface area contributed by atoms with Gasteiger partial charge >= 0.3 is 0 Å². The second-order valence-corrected chi connectivity index (χ2v) is 4.84. The Kier molecular flexibility index (Phi) is 3.58. The molecule has 0 atom stereocenters. The number of benzene rings is 1. The Morgan fingerprint density at radius 1 is 1.22 bits per heavy atom. The maximum Gasteiger partial charge on any atom is 0.0651 e. The van der Waals surface area contributed by atoms with Crippen molar-refractivity contribution in [3.05, 3.63) is 60.0 Å². The molecule has 0 amide bonds. The van der Waals surface area contributed by atoms with E-state index < -0.39 is 0 Å². The molecule has 1 aromatic carbocycles. The first-order chi connectivity index (χ1) is 8.76. The monoisotopic (exact) mass is 253 g/mol. The number of allylic oxidation sites excluding steroid dienone is 1. The van der Waals surface area contributed by atoms with Crippen LogP contribution in [0.4, 0.5) is 0 Å². The van der Waals surface area contributed by atoms with Gasteiger partial charge in [-0.05, 0) is 11.6 Å². The molecular weight excluding hydrogens is 238 g/mol. The highest BCUT2D eigenvalue weighted by molar-refractivity contribution is 7.20. The molecule has 2 aromatic rings. The van der Waals surface area contributed by atoms with Gasteiger partial charge in [0.15, 0.2) is 0 Å². The summed E-state index contributed by atoms with van der Waals surface area (Å²) in [6.07, 6.45) is 5.55. The van der Waals surface area contributed by atoms with E-state index in [1.807, 2.05) is 18.2 Å². The highest BCUT2D eigenvalue weighted by Crippen LogP contribution is 2.35. The molecule has 0 unspecified atom stereocenters. The van der Waals surface area contributed by atoms with Crippen molar-refractivity contribution in [1.29, 1.82) is 0 Å². The molecule has 0 fully saturated rings. The Labute approximate surface area is 111 Å². The Morgan fingerprint density at radius 3 is 2.56 bits per heavy atom. The van der Waals surface area contributed by atoms with E-state index in [0.717, 1.165) is 21.7 Å². The summed E-state index contributed by atoms with van der Waals surface area (Å²) in [4.78, 5) is 5.42. The van der Waals surface area contributed by atoms with E-state index in [2.05, 4.69) is 36.9 Å². The number of hydrogen-bond donors (Lipinski definition) is 0. The van der Waals surface area contributed by atoms with Gasteiger partial charge in [-0.25, -0.2) is 0 Å². The van der Waals surface area contributed by atoms with Gasteiger partial charge in [0.2, 0.25) is 0 Å². The van der Waals surface area contributed by atoms with Crippen LogP contribution in [-0.4, -0.2) is 12.8 Å². The quantitative estimate of drug-likeness (QED) is 0.694. The lowest BCUT2D eigenvalue weighted by Gasteiger charge is -2.02. The first-order valence-electron chi connectivity index (χ1n) is 5.66.